The van der Waals surface area contributed by atoms with E-state index in [4.69, 9.17) is 5.11 Å². The van der Waals surface area contributed by atoms with Gasteiger partial charge in [-0.15, -0.1) is 0 Å². The van der Waals surface area contributed by atoms with E-state index in [9.17, 15) is 5.11 Å². The lowest BCUT2D eigenvalue weighted by Gasteiger charge is -2.23. The SMILES string of the molecule is CCCC(CC)CC(O)C(CC)CO. The van der Waals surface area contributed by atoms with Crippen LogP contribution < -0.4 is 0 Å². The van der Waals surface area contributed by atoms with Gasteiger partial charge in [-0.3, -0.25) is 0 Å². The molecule has 0 aliphatic rings. The third-order valence-corrected chi connectivity index (χ3v) is 3.15. The molecule has 0 bridgehead atoms. The van der Waals surface area contributed by atoms with E-state index in [1.807, 2.05) is 6.92 Å². The maximum absolute atomic E-state index is 9.88. The fraction of sp³-hybridized carbons (Fsp3) is 1.00. The quantitative estimate of drug-likeness (QED) is 0.635. The Morgan fingerprint density at radius 3 is 2.07 bits per heavy atom. The molecule has 0 aliphatic heterocycles. The number of aliphatic hydroxyl groups excluding tert-OH is 2. The van der Waals surface area contributed by atoms with Crippen molar-refractivity contribution >= 4 is 0 Å². The van der Waals surface area contributed by atoms with E-state index in [1.54, 1.807) is 0 Å². The van der Waals surface area contributed by atoms with E-state index in [0.717, 1.165) is 19.3 Å². The Morgan fingerprint density at radius 2 is 1.71 bits per heavy atom. The van der Waals surface area contributed by atoms with Crippen molar-refractivity contribution in [2.75, 3.05) is 6.61 Å². The number of rotatable bonds is 8. The van der Waals surface area contributed by atoms with Crippen LogP contribution in [0.2, 0.25) is 0 Å². The summed E-state index contributed by atoms with van der Waals surface area (Å²) in [6.07, 6.45) is 4.90. The van der Waals surface area contributed by atoms with Crippen molar-refractivity contribution in [3.63, 3.8) is 0 Å². The van der Waals surface area contributed by atoms with Gasteiger partial charge in [-0.25, -0.2) is 0 Å². The standard InChI is InChI=1S/C12H26O2/c1-4-7-10(5-2)8-12(14)11(6-3)9-13/h10-14H,4-9H2,1-3H3. The van der Waals surface area contributed by atoms with E-state index in [-0.39, 0.29) is 18.6 Å². The molecule has 0 aromatic rings. The predicted molar refractivity (Wildman–Crippen MR) is 60.2 cm³/mol. The topological polar surface area (TPSA) is 40.5 Å². The highest BCUT2D eigenvalue weighted by molar-refractivity contribution is 4.70. The minimum absolute atomic E-state index is 0.0703. The average molecular weight is 202 g/mol. The summed E-state index contributed by atoms with van der Waals surface area (Å²) in [6, 6.07) is 0. The second-order valence-electron chi connectivity index (χ2n) is 4.22. The zero-order valence-corrected chi connectivity index (χ0v) is 9.87. The molecule has 14 heavy (non-hydrogen) atoms. The molecule has 2 heteroatoms. The van der Waals surface area contributed by atoms with Crippen LogP contribution in [-0.2, 0) is 0 Å². The Labute approximate surface area is 88.3 Å². The third kappa shape index (κ3) is 4.97. The Balaban J connectivity index is 3.92. The van der Waals surface area contributed by atoms with E-state index < -0.39 is 0 Å². The van der Waals surface area contributed by atoms with Gasteiger partial charge < -0.3 is 10.2 Å². The Bertz CT molecular complexity index is 121. The smallest absolute Gasteiger partial charge is 0.0592 e. The molecular formula is C12H26O2. The molecule has 0 fully saturated rings. The van der Waals surface area contributed by atoms with Gasteiger partial charge in [0.2, 0.25) is 0 Å². The minimum atomic E-state index is -0.318. The molecule has 3 atom stereocenters. The van der Waals surface area contributed by atoms with E-state index in [1.165, 1.54) is 12.8 Å². The van der Waals surface area contributed by atoms with Gasteiger partial charge in [-0.05, 0) is 18.8 Å². The molecule has 2 N–H and O–H groups in total. The molecule has 0 rings (SSSR count). The largest absolute Gasteiger partial charge is 0.396 e. The van der Waals surface area contributed by atoms with Gasteiger partial charge in [0.1, 0.15) is 0 Å². The predicted octanol–water partition coefficient (Wildman–Crippen LogP) is 2.58. The van der Waals surface area contributed by atoms with Crippen LogP contribution in [0, 0.1) is 11.8 Å². The van der Waals surface area contributed by atoms with Crippen LogP contribution in [0.4, 0.5) is 0 Å². The lowest BCUT2D eigenvalue weighted by molar-refractivity contribution is 0.0448. The van der Waals surface area contributed by atoms with Gasteiger partial charge in [0.05, 0.1) is 6.10 Å². The fourth-order valence-corrected chi connectivity index (χ4v) is 1.95. The molecule has 0 radical (unpaired) electrons. The van der Waals surface area contributed by atoms with Gasteiger partial charge in [0.25, 0.3) is 0 Å². The van der Waals surface area contributed by atoms with Crippen LogP contribution in [0.15, 0.2) is 0 Å². The Hall–Kier alpha value is -0.0800. The normalized spacial score (nSPS) is 17.8. The van der Waals surface area contributed by atoms with Crippen molar-refractivity contribution < 1.29 is 10.2 Å². The summed E-state index contributed by atoms with van der Waals surface area (Å²) in [6.45, 7) is 6.48. The maximum atomic E-state index is 9.88. The molecule has 0 saturated heterocycles. The van der Waals surface area contributed by atoms with Crippen LogP contribution >= 0.6 is 0 Å². The lowest BCUT2D eigenvalue weighted by Crippen LogP contribution is -2.25. The maximum Gasteiger partial charge on any atom is 0.0592 e. The van der Waals surface area contributed by atoms with E-state index in [0.29, 0.717) is 5.92 Å². The molecule has 0 aromatic carbocycles. The van der Waals surface area contributed by atoms with Crippen LogP contribution in [0.5, 0.6) is 0 Å². The van der Waals surface area contributed by atoms with Crippen molar-refractivity contribution in [3.8, 4) is 0 Å². The lowest BCUT2D eigenvalue weighted by atomic mass is 9.88. The van der Waals surface area contributed by atoms with Crippen LogP contribution in [0.3, 0.4) is 0 Å². The van der Waals surface area contributed by atoms with Gasteiger partial charge in [-0.2, -0.15) is 0 Å². The molecule has 86 valence electrons. The summed E-state index contributed by atoms with van der Waals surface area (Å²) >= 11 is 0. The first-order chi connectivity index (χ1) is 6.69. The molecule has 0 spiro atoms. The molecule has 3 unspecified atom stereocenters. The second-order valence-corrected chi connectivity index (χ2v) is 4.22. The Kier molecular flexibility index (Phi) is 8.20. The van der Waals surface area contributed by atoms with Crippen molar-refractivity contribution in [2.45, 2.75) is 59.0 Å². The molecular weight excluding hydrogens is 176 g/mol. The summed E-state index contributed by atoms with van der Waals surface area (Å²) < 4.78 is 0. The fourth-order valence-electron chi connectivity index (χ4n) is 1.95. The van der Waals surface area contributed by atoms with Gasteiger partial charge >= 0.3 is 0 Å². The van der Waals surface area contributed by atoms with Crippen molar-refractivity contribution in [3.05, 3.63) is 0 Å². The van der Waals surface area contributed by atoms with Crippen LogP contribution in [-0.4, -0.2) is 22.9 Å². The molecule has 0 amide bonds. The summed E-state index contributed by atoms with van der Waals surface area (Å²) in [5, 5.41) is 18.9. The van der Waals surface area contributed by atoms with Gasteiger partial charge in [0, 0.05) is 12.5 Å². The zero-order valence-electron chi connectivity index (χ0n) is 9.87. The highest BCUT2D eigenvalue weighted by Gasteiger charge is 2.19. The monoisotopic (exact) mass is 202 g/mol. The average Bonchev–Trinajstić information content (AvgIpc) is 2.19. The number of hydrogen-bond donors (Lipinski definition) is 2. The molecule has 0 aromatic heterocycles. The van der Waals surface area contributed by atoms with Crippen LogP contribution in [0.25, 0.3) is 0 Å². The Morgan fingerprint density at radius 1 is 1.07 bits per heavy atom. The third-order valence-electron chi connectivity index (χ3n) is 3.15. The minimum Gasteiger partial charge on any atom is -0.396 e. The second kappa shape index (κ2) is 8.25. The summed E-state index contributed by atoms with van der Waals surface area (Å²) in [4.78, 5) is 0. The number of hydrogen-bond acceptors (Lipinski definition) is 2. The zero-order chi connectivity index (χ0) is 11.0. The molecule has 2 nitrogen and oxygen atoms in total. The highest BCUT2D eigenvalue weighted by atomic mass is 16.3. The van der Waals surface area contributed by atoms with Crippen molar-refractivity contribution in [2.24, 2.45) is 11.8 Å². The van der Waals surface area contributed by atoms with Crippen LogP contribution in [0.1, 0.15) is 52.9 Å². The summed E-state index contributed by atoms with van der Waals surface area (Å²) in [5.74, 6) is 0.691. The van der Waals surface area contributed by atoms with E-state index in [2.05, 4.69) is 13.8 Å². The highest BCUT2D eigenvalue weighted by Crippen LogP contribution is 2.22. The molecule has 0 heterocycles. The van der Waals surface area contributed by atoms with Crippen molar-refractivity contribution in [1.29, 1.82) is 0 Å². The molecule has 0 saturated carbocycles. The first-order valence-electron chi connectivity index (χ1n) is 5.98. The molecule has 0 aliphatic carbocycles. The van der Waals surface area contributed by atoms with Gasteiger partial charge in [-0.1, -0.05) is 40.0 Å². The summed E-state index contributed by atoms with van der Waals surface area (Å²) in [7, 11) is 0. The first-order valence-corrected chi connectivity index (χ1v) is 5.98. The van der Waals surface area contributed by atoms with Gasteiger partial charge in [0.15, 0.2) is 0 Å². The first kappa shape index (κ1) is 13.9. The van der Waals surface area contributed by atoms with E-state index >= 15 is 0 Å². The number of aliphatic hydroxyl groups is 2. The summed E-state index contributed by atoms with van der Waals surface area (Å²) in [5.41, 5.74) is 0. The van der Waals surface area contributed by atoms with Crippen molar-refractivity contribution in [1.82, 2.24) is 0 Å².